The second kappa shape index (κ2) is 3.47. The van der Waals surface area contributed by atoms with Gasteiger partial charge in [-0.05, 0) is 56.3 Å². The van der Waals surface area contributed by atoms with E-state index in [2.05, 4.69) is 0 Å². The Morgan fingerprint density at radius 1 is 1.07 bits per heavy atom. The van der Waals surface area contributed by atoms with Crippen molar-refractivity contribution in [3.05, 3.63) is 0 Å². The van der Waals surface area contributed by atoms with Gasteiger partial charge in [-0.3, -0.25) is 0 Å². The highest BCUT2D eigenvalue weighted by atomic mass is 16.7. The molecule has 4 bridgehead atoms. The minimum atomic E-state index is -1.03. The first-order chi connectivity index (χ1) is 7.19. The topological polar surface area (TPSA) is 38.7 Å². The zero-order valence-electron chi connectivity index (χ0n) is 9.32. The van der Waals surface area contributed by atoms with Gasteiger partial charge in [-0.1, -0.05) is 0 Å². The molecule has 3 nitrogen and oxygen atoms in total. The highest BCUT2D eigenvalue weighted by Crippen LogP contribution is 2.57. The molecule has 4 aliphatic carbocycles. The molecule has 0 atom stereocenters. The predicted molar refractivity (Wildman–Crippen MR) is 57.0 cm³/mol. The summed E-state index contributed by atoms with van der Waals surface area (Å²) in [5.74, 6) is 2.54. The lowest BCUT2D eigenvalue weighted by molar-refractivity contribution is -0.126. The molecule has 0 heterocycles. The van der Waals surface area contributed by atoms with Crippen molar-refractivity contribution >= 4 is 7.32 Å². The van der Waals surface area contributed by atoms with Crippen molar-refractivity contribution in [3.8, 4) is 0 Å². The molecule has 4 fully saturated rings. The molecule has 0 aromatic rings. The molecule has 1 N–H and O–H groups in total. The second-order valence-corrected chi connectivity index (χ2v) is 5.76. The summed E-state index contributed by atoms with van der Waals surface area (Å²) in [6.45, 7) is 0. The molecular weight excluding hydrogens is 191 g/mol. The zero-order valence-corrected chi connectivity index (χ0v) is 9.32. The van der Waals surface area contributed by atoms with Crippen molar-refractivity contribution in [2.24, 2.45) is 17.8 Å². The quantitative estimate of drug-likeness (QED) is 0.719. The van der Waals surface area contributed by atoms with E-state index in [4.69, 9.17) is 9.31 Å². The Bertz CT molecular complexity index is 221. The standard InChI is InChI=1S/C11H19BO3/c1-14-12(13)15-11-5-8-2-9(6-11)4-10(3-8)7-11/h8-10,13H,2-7H2,1H3. The van der Waals surface area contributed by atoms with Crippen LogP contribution in [0.1, 0.15) is 38.5 Å². The maximum atomic E-state index is 9.47. The highest BCUT2D eigenvalue weighted by Gasteiger charge is 2.52. The van der Waals surface area contributed by atoms with E-state index < -0.39 is 7.32 Å². The molecule has 0 radical (unpaired) electrons. The largest absolute Gasteiger partial charge is 0.636 e. The molecule has 4 aliphatic rings. The normalized spacial score (nSPS) is 47.2. The number of hydrogen-bond acceptors (Lipinski definition) is 3. The second-order valence-electron chi connectivity index (χ2n) is 5.76. The van der Waals surface area contributed by atoms with Crippen LogP contribution in [0.2, 0.25) is 0 Å². The van der Waals surface area contributed by atoms with Gasteiger partial charge in [-0.15, -0.1) is 0 Å². The summed E-state index contributed by atoms with van der Waals surface area (Å²) in [6.07, 6.45) is 7.60. The van der Waals surface area contributed by atoms with E-state index in [0.29, 0.717) is 0 Å². The van der Waals surface area contributed by atoms with E-state index >= 15 is 0 Å². The Hall–Kier alpha value is -0.0551. The van der Waals surface area contributed by atoms with Crippen LogP contribution in [-0.2, 0) is 9.31 Å². The van der Waals surface area contributed by atoms with Gasteiger partial charge < -0.3 is 14.3 Å². The predicted octanol–water partition coefficient (Wildman–Crippen LogP) is 1.60. The third kappa shape index (κ3) is 1.73. The van der Waals surface area contributed by atoms with Crippen LogP contribution in [-0.4, -0.2) is 25.1 Å². The molecule has 0 amide bonds. The Kier molecular flexibility index (Phi) is 2.34. The Labute approximate surface area is 91.3 Å². The van der Waals surface area contributed by atoms with Gasteiger partial charge in [0, 0.05) is 7.11 Å². The molecule has 4 rings (SSSR count). The first-order valence-corrected chi connectivity index (χ1v) is 6.08. The summed E-state index contributed by atoms with van der Waals surface area (Å²) in [4.78, 5) is 0. The SMILES string of the molecule is COB(O)OC12CC3CC(CC(C3)C1)C2. The van der Waals surface area contributed by atoms with Crippen LogP contribution in [0, 0.1) is 17.8 Å². The molecule has 4 heteroatoms. The number of hydrogen-bond donors (Lipinski definition) is 1. The van der Waals surface area contributed by atoms with E-state index in [0.717, 1.165) is 37.0 Å². The Balaban J connectivity index is 1.75. The van der Waals surface area contributed by atoms with Crippen LogP contribution in [0.25, 0.3) is 0 Å². The van der Waals surface area contributed by atoms with Crippen LogP contribution in [0.15, 0.2) is 0 Å². The Morgan fingerprint density at radius 2 is 1.53 bits per heavy atom. The van der Waals surface area contributed by atoms with Crippen molar-refractivity contribution in [2.75, 3.05) is 7.11 Å². The smallest absolute Gasteiger partial charge is 0.402 e. The van der Waals surface area contributed by atoms with Gasteiger partial charge in [0.1, 0.15) is 0 Å². The molecule has 0 aromatic carbocycles. The van der Waals surface area contributed by atoms with Crippen LogP contribution in [0.3, 0.4) is 0 Å². The van der Waals surface area contributed by atoms with Gasteiger partial charge in [0.05, 0.1) is 5.60 Å². The average molecular weight is 210 g/mol. The number of rotatable bonds is 3. The molecule has 4 saturated carbocycles. The maximum Gasteiger partial charge on any atom is 0.636 e. The summed E-state index contributed by atoms with van der Waals surface area (Å²) in [7, 11) is 0.465. The van der Waals surface area contributed by atoms with Crippen molar-refractivity contribution < 1.29 is 14.3 Å². The summed E-state index contributed by atoms with van der Waals surface area (Å²) >= 11 is 0. The van der Waals surface area contributed by atoms with Crippen LogP contribution >= 0.6 is 0 Å². The molecule has 0 aromatic heterocycles. The molecule has 0 spiro atoms. The van der Waals surface area contributed by atoms with Gasteiger partial charge in [0.2, 0.25) is 0 Å². The van der Waals surface area contributed by atoms with Crippen molar-refractivity contribution in [1.29, 1.82) is 0 Å². The summed E-state index contributed by atoms with van der Waals surface area (Å²) in [6, 6.07) is 0. The minimum absolute atomic E-state index is 0.0514. The van der Waals surface area contributed by atoms with E-state index in [1.165, 1.54) is 26.4 Å². The first-order valence-electron chi connectivity index (χ1n) is 6.08. The zero-order chi connectivity index (χ0) is 10.5. The molecule has 84 valence electrons. The average Bonchev–Trinajstić information content (AvgIpc) is 2.14. The summed E-state index contributed by atoms with van der Waals surface area (Å²) in [5.41, 5.74) is -0.0514. The van der Waals surface area contributed by atoms with Crippen LogP contribution in [0.4, 0.5) is 0 Å². The molecule has 15 heavy (non-hydrogen) atoms. The highest BCUT2D eigenvalue weighted by molar-refractivity contribution is 6.34. The Morgan fingerprint density at radius 3 is 1.93 bits per heavy atom. The molecule has 0 aliphatic heterocycles. The van der Waals surface area contributed by atoms with Gasteiger partial charge in [-0.25, -0.2) is 0 Å². The third-order valence-corrected chi connectivity index (χ3v) is 4.53. The van der Waals surface area contributed by atoms with E-state index in [-0.39, 0.29) is 5.60 Å². The minimum Gasteiger partial charge on any atom is -0.402 e. The summed E-state index contributed by atoms with van der Waals surface area (Å²) < 4.78 is 10.6. The first kappa shape index (κ1) is 10.1. The van der Waals surface area contributed by atoms with Gasteiger partial charge in [0.25, 0.3) is 0 Å². The van der Waals surface area contributed by atoms with Crippen molar-refractivity contribution in [3.63, 3.8) is 0 Å². The van der Waals surface area contributed by atoms with E-state index in [1.807, 2.05) is 0 Å². The van der Waals surface area contributed by atoms with Crippen molar-refractivity contribution in [2.45, 2.75) is 44.1 Å². The fourth-order valence-corrected chi connectivity index (χ4v) is 4.44. The molecule has 0 unspecified atom stereocenters. The third-order valence-electron chi connectivity index (χ3n) is 4.53. The van der Waals surface area contributed by atoms with Gasteiger partial charge in [0.15, 0.2) is 0 Å². The lowest BCUT2D eigenvalue weighted by atomic mass is 9.54. The molecule has 0 saturated heterocycles. The van der Waals surface area contributed by atoms with Gasteiger partial charge in [-0.2, -0.15) is 0 Å². The van der Waals surface area contributed by atoms with Crippen molar-refractivity contribution in [1.82, 2.24) is 0 Å². The van der Waals surface area contributed by atoms with E-state index in [9.17, 15) is 5.02 Å². The summed E-state index contributed by atoms with van der Waals surface area (Å²) in [5, 5.41) is 9.47. The van der Waals surface area contributed by atoms with Crippen LogP contribution < -0.4 is 0 Å². The van der Waals surface area contributed by atoms with Gasteiger partial charge >= 0.3 is 7.32 Å². The lowest BCUT2D eigenvalue weighted by Gasteiger charge is -2.56. The van der Waals surface area contributed by atoms with Crippen LogP contribution in [0.5, 0.6) is 0 Å². The lowest BCUT2D eigenvalue weighted by Crippen LogP contribution is -2.54. The fourth-order valence-electron chi connectivity index (χ4n) is 4.44. The fraction of sp³-hybridized carbons (Fsp3) is 1.00. The monoisotopic (exact) mass is 210 g/mol. The molecular formula is C11H19BO3. The maximum absolute atomic E-state index is 9.47. The van der Waals surface area contributed by atoms with E-state index in [1.54, 1.807) is 0 Å².